The van der Waals surface area contributed by atoms with Crippen molar-refractivity contribution < 1.29 is 26.9 Å². The van der Waals surface area contributed by atoms with Crippen LogP contribution in [-0.4, -0.2) is 51.1 Å². The second kappa shape index (κ2) is 9.99. The van der Waals surface area contributed by atoms with Gasteiger partial charge in [0.1, 0.15) is 27.4 Å². The van der Waals surface area contributed by atoms with Crippen LogP contribution >= 0.6 is 11.6 Å². The molecule has 1 saturated heterocycles. The maximum absolute atomic E-state index is 15.6. The van der Waals surface area contributed by atoms with Crippen LogP contribution < -0.4 is 4.72 Å². The van der Waals surface area contributed by atoms with Crippen LogP contribution in [0.3, 0.4) is 0 Å². The van der Waals surface area contributed by atoms with E-state index in [1.54, 1.807) is 57.2 Å². The predicted octanol–water partition coefficient (Wildman–Crippen LogP) is 5.88. The minimum Gasteiger partial charge on any atom is -0.444 e. The molecule has 2 aromatic carbocycles. The van der Waals surface area contributed by atoms with Gasteiger partial charge in [0.2, 0.25) is 0 Å². The number of hydrogen-bond donors (Lipinski definition) is 2. The minimum absolute atomic E-state index is 0.0820. The molecule has 3 rings (SSSR count). The summed E-state index contributed by atoms with van der Waals surface area (Å²) in [5, 5.41) is 0.410. The van der Waals surface area contributed by atoms with Gasteiger partial charge in [-0.3, -0.25) is 4.90 Å². The highest BCUT2D eigenvalue weighted by Gasteiger charge is 2.57. The lowest BCUT2D eigenvalue weighted by Gasteiger charge is -2.31. The van der Waals surface area contributed by atoms with Gasteiger partial charge in [0.25, 0.3) is 5.92 Å². The van der Waals surface area contributed by atoms with E-state index in [2.05, 4.69) is 4.72 Å². The number of likely N-dealkylation sites (tertiary alicyclic amines) is 1. The highest BCUT2D eigenvalue weighted by Crippen LogP contribution is 2.37. The maximum atomic E-state index is 15.6. The van der Waals surface area contributed by atoms with E-state index in [4.69, 9.17) is 21.1 Å². The van der Waals surface area contributed by atoms with E-state index in [0.717, 1.165) is 4.90 Å². The average molecular weight is 532 g/mol. The van der Waals surface area contributed by atoms with Gasteiger partial charge in [-0.05, 0) is 50.5 Å². The molecule has 1 aliphatic heterocycles. The average Bonchev–Trinajstić information content (AvgIpc) is 2.98. The summed E-state index contributed by atoms with van der Waals surface area (Å²) in [4.78, 5) is 13.7. The van der Waals surface area contributed by atoms with Crippen LogP contribution in [-0.2, 0) is 21.1 Å². The first-order valence-electron chi connectivity index (χ1n) is 11.1. The third-order valence-corrected chi connectivity index (χ3v) is 7.30. The molecule has 0 aromatic heterocycles. The zero-order valence-electron chi connectivity index (χ0n) is 19.9. The van der Waals surface area contributed by atoms with Gasteiger partial charge in [0.15, 0.2) is 0 Å². The molecule has 1 unspecified atom stereocenters. The van der Waals surface area contributed by atoms with E-state index < -0.39 is 52.0 Å². The fourth-order valence-electron chi connectivity index (χ4n) is 3.95. The monoisotopic (exact) mass is 531 g/mol. The molecule has 35 heavy (non-hydrogen) atoms. The number of amides is 1. The Balaban J connectivity index is 2.04. The fraction of sp³-hybridized carbons (Fsp3) is 0.458. The minimum atomic E-state index is -3.57. The number of alkyl halides is 2. The van der Waals surface area contributed by atoms with Crippen LogP contribution in [0.5, 0.6) is 0 Å². The van der Waals surface area contributed by atoms with Crippen molar-refractivity contribution in [3.8, 4) is 11.1 Å². The van der Waals surface area contributed by atoms with E-state index in [1.165, 1.54) is 13.0 Å². The van der Waals surface area contributed by atoms with Gasteiger partial charge in [0.05, 0.1) is 12.6 Å². The van der Waals surface area contributed by atoms with Crippen molar-refractivity contribution in [2.24, 2.45) is 0 Å². The number of ether oxygens (including phenoxy) is 1. The number of carbonyl (C=O) groups is 1. The standard InChI is InChI=1S/C24H29ClF3N3O3S/c1-5-35(29,33)30-21-19(31(14-24(21,27)28)22(32)34-23(2,3)4)13-16-9-7-11-18(20(16)26)15-8-6-10-17(25)12-15/h6-12,19,21H,5,13-14H2,1-4H3,(H2,29,30,33)/t19-,21+,35?/m0/s1. The van der Waals surface area contributed by atoms with Crippen LogP contribution in [0, 0.1) is 10.6 Å². The van der Waals surface area contributed by atoms with Gasteiger partial charge in [-0.25, -0.2) is 31.7 Å². The molecule has 11 heteroatoms. The van der Waals surface area contributed by atoms with Crippen molar-refractivity contribution >= 4 is 27.6 Å². The van der Waals surface area contributed by atoms with Crippen molar-refractivity contribution in [3.05, 3.63) is 58.9 Å². The van der Waals surface area contributed by atoms with Crippen LogP contribution in [0.1, 0.15) is 33.3 Å². The van der Waals surface area contributed by atoms with Crippen molar-refractivity contribution in [1.29, 1.82) is 4.78 Å². The SMILES string of the molecule is CCS(=N)(=O)N[C@@H]1[C@H](Cc2cccc(-c3cccc(Cl)c3)c2F)N(C(=O)OC(C)(C)C)CC1(F)F. The lowest BCUT2D eigenvalue weighted by atomic mass is 9.95. The molecule has 1 fully saturated rings. The first-order chi connectivity index (χ1) is 16.1. The molecule has 0 saturated carbocycles. The molecule has 192 valence electrons. The Bertz CT molecular complexity index is 1200. The lowest BCUT2D eigenvalue weighted by molar-refractivity contribution is -0.0121. The molecule has 1 heterocycles. The summed E-state index contributed by atoms with van der Waals surface area (Å²) >= 11 is 6.04. The predicted molar refractivity (Wildman–Crippen MR) is 131 cm³/mol. The van der Waals surface area contributed by atoms with Gasteiger partial charge in [-0.15, -0.1) is 0 Å². The Labute approximate surface area is 208 Å². The molecule has 6 nitrogen and oxygen atoms in total. The first kappa shape index (κ1) is 27.3. The van der Waals surface area contributed by atoms with Gasteiger partial charge in [-0.2, -0.15) is 0 Å². The number of nitrogens with one attached hydrogen (secondary N) is 2. The van der Waals surface area contributed by atoms with E-state index in [-0.39, 0.29) is 23.3 Å². The molecule has 2 aromatic rings. The molecular weight excluding hydrogens is 503 g/mol. The van der Waals surface area contributed by atoms with Crippen LogP contribution in [0.25, 0.3) is 11.1 Å². The molecule has 0 bridgehead atoms. The number of halogens is 4. The molecule has 1 aliphatic rings. The summed E-state index contributed by atoms with van der Waals surface area (Å²) in [5.74, 6) is -4.38. The number of carbonyl (C=O) groups excluding carboxylic acids is 1. The Morgan fingerprint density at radius 3 is 2.54 bits per heavy atom. The normalized spacial score (nSPS) is 21.5. The Morgan fingerprint density at radius 2 is 1.94 bits per heavy atom. The summed E-state index contributed by atoms with van der Waals surface area (Å²) in [6, 6.07) is 7.99. The summed E-state index contributed by atoms with van der Waals surface area (Å²) in [6.45, 7) is 5.23. The van der Waals surface area contributed by atoms with Gasteiger partial charge in [0, 0.05) is 16.3 Å². The zero-order chi connectivity index (χ0) is 26.2. The van der Waals surface area contributed by atoms with Crippen LogP contribution in [0.15, 0.2) is 42.5 Å². The molecule has 0 radical (unpaired) electrons. The van der Waals surface area contributed by atoms with Crippen molar-refractivity contribution in [2.75, 3.05) is 12.3 Å². The lowest BCUT2D eigenvalue weighted by Crippen LogP contribution is -2.52. The molecule has 2 N–H and O–H groups in total. The topological polar surface area (TPSA) is 82.5 Å². The maximum Gasteiger partial charge on any atom is 0.410 e. The third kappa shape index (κ3) is 6.48. The summed E-state index contributed by atoms with van der Waals surface area (Å²) < 4.78 is 73.7. The first-order valence-corrected chi connectivity index (χ1v) is 13.2. The van der Waals surface area contributed by atoms with Crippen LogP contribution in [0.2, 0.25) is 5.02 Å². The number of nitrogens with zero attached hydrogens (tertiary/aromatic N) is 1. The number of hydrogen-bond acceptors (Lipinski definition) is 4. The van der Waals surface area contributed by atoms with E-state index in [1.807, 2.05) is 0 Å². The quantitative estimate of drug-likeness (QED) is 0.488. The van der Waals surface area contributed by atoms with Gasteiger partial charge in [-0.1, -0.05) is 48.9 Å². The van der Waals surface area contributed by atoms with Gasteiger partial charge >= 0.3 is 6.09 Å². The summed E-state index contributed by atoms with van der Waals surface area (Å²) in [7, 11) is -3.57. The van der Waals surface area contributed by atoms with Crippen molar-refractivity contribution in [3.63, 3.8) is 0 Å². The van der Waals surface area contributed by atoms with E-state index >= 15 is 13.2 Å². The van der Waals surface area contributed by atoms with Gasteiger partial charge < -0.3 is 4.74 Å². The Hall–Kier alpha value is -2.30. The number of rotatable bonds is 6. The van der Waals surface area contributed by atoms with E-state index in [0.29, 0.717) is 10.6 Å². The molecule has 0 aliphatic carbocycles. The Kier molecular flexibility index (Phi) is 7.79. The Morgan fingerprint density at radius 1 is 1.29 bits per heavy atom. The molecule has 1 amide bonds. The third-order valence-electron chi connectivity index (χ3n) is 5.62. The van der Waals surface area contributed by atoms with Crippen LogP contribution in [0.4, 0.5) is 18.0 Å². The highest BCUT2D eigenvalue weighted by atomic mass is 35.5. The largest absolute Gasteiger partial charge is 0.444 e. The fourth-order valence-corrected chi connectivity index (χ4v) is 5.04. The molecular formula is C24H29ClF3N3O3S. The van der Waals surface area contributed by atoms with Crippen molar-refractivity contribution in [1.82, 2.24) is 9.62 Å². The summed E-state index contributed by atoms with van der Waals surface area (Å²) in [6.07, 6.45) is -1.31. The summed E-state index contributed by atoms with van der Waals surface area (Å²) in [5.41, 5.74) is -0.140. The smallest absolute Gasteiger partial charge is 0.410 e. The zero-order valence-corrected chi connectivity index (χ0v) is 21.5. The molecule has 0 spiro atoms. The van der Waals surface area contributed by atoms with E-state index in [9.17, 15) is 9.00 Å². The number of benzene rings is 2. The van der Waals surface area contributed by atoms with Crippen molar-refractivity contribution in [2.45, 2.75) is 57.7 Å². The second-order valence-corrected chi connectivity index (χ2v) is 12.1. The molecule has 3 atom stereocenters. The second-order valence-electron chi connectivity index (χ2n) is 9.49. The highest BCUT2D eigenvalue weighted by molar-refractivity contribution is 7.90.